The van der Waals surface area contributed by atoms with Crippen LogP contribution in [0.3, 0.4) is 0 Å². The smallest absolute Gasteiger partial charge is 0.405 e. The SMILES string of the molecule is Cc1c(Cl)c(C)c2c(oc(=O)n2C)c1N. The third-order valence-electron chi connectivity index (χ3n) is 2.68. The molecule has 0 amide bonds. The number of nitrogen functional groups attached to an aromatic ring is 1. The minimum absolute atomic E-state index is 0.418. The molecule has 0 aliphatic heterocycles. The third kappa shape index (κ3) is 1.18. The summed E-state index contributed by atoms with van der Waals surface area (Å²) in [6.07, 6.45) is 0. The van der Waals surface area contributed by atoms with E-state index in [1.165, 1.54) is 4.57 Å². The van der Waals surface area contributed by atoms with Crippen LogP contribution in [0.25, 0.3) is 11.1 Å². The van der Waals surface area contributed by atoms with Crippen LogP contribution in [0.2, 0.25) is 5.02 Å². The first-order valence-electron chi connectivity index (χ1n) is 4.48. The van der Waals surface area contributed by atoms with Crippen LogP contribution in [-0.2, 0) is 7.05 Å². The van der Waals surface area contributed by atoms with Gasteiger partial charge in [-0.1, -0.05) is 11.6 Å². The van der Waals surface area contributed by atoms with E-state index in [1.54, 1.807) is 14.0 Å². The first-order chi connectivity index (χ1) is 6.95. The second-order valence-corrected chi connectivity index (χ2v) is 3.96. The van der Waals surface area contributed by atoms with Crippen molar-refractivity contribution < 1.29 is 4.42 Å². The van der Waals surface area contributed by atoms with Crippen molar-refractivity contribution in [3.8, 4) is 0 Å². The Bertz CT molecular complexity index is 610. The quantitative estimate of drug-likeness (QED) is 0.699. The lowest BCUT2D eigenvalue weighted by Crippen LogP contribution is -2.09. The number of nitrogens with two attached hydrogens (primary N) is 1. The Labute approximate surface area is 91.2 Å². The topological polar surface area (TPSA) is 61.2 Å². The largest absolute Gasteiger partial charge is 0.419 e. The molecule has 0 fully saturated rings. The van der Waals surface area contributed by atoms with Crippen LogP contribution in [0.1, 0.15) is 11.1 Å². The van der Waals surface area contributed by atoms with Crippen molar-refractivity contribution in [3.63, 3.8) is 0 Å². The predicted molar refractivity (Wildman–Crippen MR) is 60.4 cm³/mol. The molecule has 0 aliphatic rings. The van der Waals surface area contributed by atoms with Crippen molar-refractivity contribution in [1.82, 2.24) is 4.57 Å². The zero-order chi connectivity index (χ0) is 11.3. The molecular weight excluding hydrogens is 216 g/mol. The van der Waals surface area contributed by atoms with Crippen molar-refractivity contribution in [2.24, 2.45) is 7.05 Å². The minimum atomic E-state index is -0.429. The van der Waals surface area contributed by atoms with Crippen LogP contribution in [-0.4, -0.2) is 4.57 Å². The van der Waals surface area contributed by atoms with E-state index in [0.717, 1.165) is 11.1 Å². The average molecular weight is 227 g/mol. The predicted octanol–water partition coefficient (Wildman–Crippen LogP) is 1.98. The molecular formula is C10H11ClN2O2. The van der Waals surface area contributed by atoms with Gasteiger partial charge >= 0.3 is 5.76 Å². The number of fused-ring (bicyclic) bond motifs is 1. The fourth-order valence-electron chi connectivity index (χ4n) is 1.73. The number of hydrogen-bond acceptors (Lipinski definition) is 3. The standard InChI is InChI=1S/C10H11ClN2O2/c1-4-6(11)5(2)8-9(7(4)12)15-10(14)13(8)3/h12H2,1-3H3. The van der Waals surface area contributed by atoms with Crippen molar-refractivity contribution in [1.29, 1.82) is 0 Å². The van der Waals surface area contributed by atoms with Gasteiger partial charge in [-0.2, -0.15) is 0 Å². The molecule has 0 radical (unpaired) electrons. The number of rotatable bonds is 0. The zero-order valence-corrected chi connectivity index (χ0v) is 9.47. The number of nitrogens with zero attached hydrogens (tertiary/aromatic N) is 1. The van der Waals surface area contributed by atoms with Crippen molar-refractivity contribution in [2.45, 2.75) is 13.8 Å². The van der Waals surface area contributed by atoms with Gasteiger partial charge in [-0.25, -0.2) is 4.79 Å². The van der Waals surface area contributed by atoms with E-state index < -0.39 is 5.76 Å². The highest BCUT2D eigenvalue weighted by molar-refractivity contribution is 6.33. The van der Waals surface area contributed by atoms with Gasteiger partial charge in [0.25, 0.3) is 0 Å². The van der Waals surface area contributed by atoms with Crippen molar-refractivity contribution in [2.75, 3.05) is 5.73 Å². The summed E-state index contributed by atoms with van der Waals surface area (Å²) in [5.74, 6) is -0.429. The van der Waals surface area contributed by atoms with Gasteiger partial charge in [-0.05, 0) is 25.0 Å². The van der Waals surface area contributed by atoms with E-state index in [4.69, 9.17) is 21.8 Å². The average Bonchev–Trinajstić information content (AvgIpc) is 2.50. The number of aromatic nitrogens is 1. The second kappa shape index (κ2) is 3.03. The van der Waals surface area contributed by atoms with Gasteiger partial charge in [0.15, 0.2) is 5.58 Å². The van der Waals surface area contributed by atoms with E-state index in [1.807, 2.05) is 6.92 Å². The fraction of sp³-hybridized carbons (Fsp3) is 0.300. The normalized spacial score (nSPS) is 11.2. The maximum Gasteiger partial charge on any atom is 0.419 e. The van der Waals surface area contributed by atoms with Gasteiger partial charge in [0, 0.05) is 7.05 Å². The maximum atomic E-state index is 11.4. The molecule has 0 bridgehead atoms. The molecule has 1 aromatic carbocycles. The third-order valence-corrected chi connectivity index (χ3v) is 3.24. The summed E-state index contributed by atoms with van der Waals surface area (Å²) in [6, 6.07) is 0. The van der Waals surface area contributed by atoms with Gasteiger partial charge in [0.1, 0.15) is 0 Å². The summed E-state index contributed by atoms with van der Waals surface area (Å²) in [5, 5.41) is 0.580. The van der Waals surface area contributed by atoms with Crippen LogP contribution >= 0.6 is 11.6 Å². The summed E-state index contributed by atoms with van der Waals surface area (Å²) in [6.45, 7) is 3.64. The van der Waals surface area contributed by atoms with Gasteiger partial charge in [-0.3, -0.25) is 4.57 Å². The van der Waals surface area contributed by atoms with Crippen molar-refractivity contribution >= 4 is 28.4 Å². The molecule has 2 rings (SSSR count). The molecule has 15 heavy (non-hydrogen) atoms. The van der Waals surface area contributed by atoms with Gasteiger partial charge in [-0.15, -0.1) is 0 Å². The zero-order valence-electron chi connectivity index (χ0n) is 8.72. The molecule has 2 aromatic rings. The molecule has 2 N–H and O–H groups in total. The lowest BCUT2D eigenvalue weighted by molar-refractivity contribution is 0.529. The molecule has 0 saturated heterocycles. The Hall–Kier alpha value is -1.42. The van der Waals surface area contributed by atoms with Crippen LogP contribution in [0.4, 0.5) is 5.69 Å². The molecule has 0 saturated carbocycles. The molecule has 1 aromatic heterocycles. The summed E-state index contributed by atoms with van der Waals surface area (Å²) in [7, 11) is 1.63. The Balaban J connectivity index is 3.14. The van der Waals surface area contributed by atoms with E-state index in [0.29, 0.717) is 21.8 Å². The number of anilines is 1. The maximum absolute atomic E-state index is 11.4. The molecule has 4 nitrogen and oxygen atoms in total. The number of benzene rings is 1. The lowest BCUT2D eigenvalue weighted by Gasteiger charge is -2.07. The molecule has 0 aliphatic carbocycles. The summed E-state index contributed by atoms with van der Waals surface area (Å²) in [4.78, 5) is 11.4. The molecule has 0 spiro atoms. The van der Waals surface area contributed by atoms with E-state index >= 15 is 0 Å². The van der Waals surface area contributed by atoms with Crippen LogP contribution in [0.15, 0.2) is 9.21 Å². The Kier molecular flexibility index (Phi) is 2.04. The van der Waals surface area contributed by atoms with E-state index in [2.05, 4.69) is 0 Å². The lowest BCUT2D eigenvalue weighted by atomic mass is 10.1. The van der Waals surface area contributed by atoms with Crippen LogP contribution in [0, 0.1) is 13.8 Å². The first-order valence-corrected chi connectivity index (χ1v) is 4.86. The second-order valence-electron chi connectivity index (χ2n) is 3.58. The number of halogens is 1. The Morgan fingerprint density at radius 2 is 1.93 bits per heavy atom. The monoisotopic (exact) mass is 226 g/mol. The molecule has 0 unspecified atom stereocenters. The molecule has 5 heteroatoms. The number of aryl methyl sites for hydroxylation is 2. The van der Waals surface area contributed by atoms with Gasteiger partial charge < -0.3 is 10.2 Å². The highest BCUT2D eigenvalue weighted by Gasteiger charge is 2.17. The first kappa shape index (κ1) is 10.1. The molecule has 0 atom stereocenters. The Morgan fingerprint density at radius 3 is 2.53 bits per heavy atom. The van der Waals surface area contributed by atoms with E-state index in [-0.39, 0.29) is 0 Å². The molecule has 80 valence electrons. The number of oxazole rings is 1. The highest BCUT2D eigenvalue weighted by Crippen LogP contribution is 2.33. The summed E-state index contributed by atoms with van der Waals surface area (Å²) in [5.41, 5.74) is 8.91. The van der Waals surface area contributed by atoms with Gasteiger partial charge in [0.05, 0.1) is 16.2 Å². The summed E-state index contributed by atoms with van der Waals surface area (Å²) >= 11 is 6.11. The molecule has 1 heterocycles. The van der Waals surface area contributed by atoms with Crippen molar-refractivity contribution in [3.05, 3.63) is 26.7 Å². The van der Waals surface area contributed by atoms with Crippen LogP contribution in [0.5, 0.6) is 0 Å². The number of hydrogen-bond donors (Lipinski definition) is 1. The van der Waals surface area contributed by atoms with E-state index in [9.17, 15) is 4.79 Å². The van der Waals surface area contributed by atoms with Gasteiger partial charge in [0.2, 0.25) is 0 Å². The minimum Gasteiger partial charge on any atom is -0.405 e. The summed E-state index contributed by atoms with van der Waals surface area (Å²) < 4.78 is 6.48. The fourth-order valence-corrected chi connectivity index (χ4v) is 1.92. The van der Waals surface area contributed by atoms with Crippen LogP contribution < -0.4 is 11.5 Å². The highest BCUT2D eigenvalue weighted by atomic mass is 35.5. The Morgan fingerprint density at radius 1 is 1.33 bits per heavy atom.